The summed E-state index contributed by atoms with van der Waals surface area (Å²) >= 11 is 0. The van der Waals surface area contributed by atoms with Crippen LogP contribution < -0.4 is 10.3 Å². The largest absolute Gasteiger partial charge is 0.463 e. The number of nitrogen functional groups attached to an aromatic ring is 1. The number of rotatable bonds is 7. The van der Waals surface area contributed by atoms with E-state index >= 15 is 0 Å². The molecule has 1 aromatic carbocycles. The SMILES string of the molecule is CCCCOC(=O)C[n+]1c(N)n(CCC)c2ccccc21. The molecule has 1 heterocycles. The molecule has 0 bridgehead atoms. The summed E-state index contributed by atoms with van der Waals surface area (Å²) in [5.74, 6) is 0.366. The van der Waals surface area contributed by atoms with Crippen LogP contribution in [-0.2, 0) is 22.6 Å². The van der Waals surface area contributed by atoms with E-state index in [0.717, 1.165) is 36.8 Å². The average molecular weight is 290 g/mol. The van der Waals surface area contributed by atoms with Gasteiger partial charge in [-0.2, -0.15) is 0 Å². The lowest BCUT2D eigenvalue weighted by molar-refractivity contribution is -0.646. The molecule has 0 atom stereocenters. The number of aromatic nitrogens is 2. The van der Waals surface area contributed by atoms with Crippen LogP contribution in [0.3, 0.4) is 0 Å². The van der Waals surface area contributed by atoms with Gasteiger partial charge in [0.1, 0.15) is 11.0 Å². The van der Waals surface area contributed by atoms with Crippen LogP contribution in [0.5, 0.6) is 0 Å². The molecule has 0 unspecified atom stereocenters. The summed E-state index contributed by atoms with van der Waals surface area (Å²) < 4.78 is 9.12. The van der Waals surface area contributed by atoms with E-state index < -0.39 is 0 Å². The van der Waals surface area contributed by atoms with Gasteiger partial charge in [-0.3, -0.25) is 5.73 Å². The molecule has 21 heavy (non-hydrogen) atoms. The van der Waals surface area contributed by atoms with Gasteiger partial charge in [0.2, 0.25) is 0 Å². The first-order valence-electron chi connectivity index (χ1n) is 7.61. The van der Waals surface area contributed by atoms with Crippen LogP contribution in [0.4, 0.5) is 5.95 Å². The van der Waals surface area contributed by atoms with Crippen molar-refractivity contribution in [2.75, 3.05) is 12.3 Å². The molecule has 0 saturated carbocycles. The Bertz CT molecular complexity index is 619. The van der Waals surface area contributed by atoms with E-state index in [1.54, 1.807) is 0 Å². The molecule has 0 fully saturated rings. The van der Waals surface area contributed by atoms with Crippen LogP contribution in [-0.4, -0.2) is 17.1 Å². The molecule has 1 aromatic heterocycles. The van der Waals surface area contributed by atoms with E-state index in [0.29, 0.717) is 12.6 Å². The first-order chi connectivity index (χ1) is 10.2. The molecule has 0 saturated heterocycles. The van der Waals surface area contributed by atoms with Gasteiger partial charge in [0.05, 0.1) is 13.2 Å². The first-order valence-corrected chi connectivity index (χ1v) is 7.61. The van der Waals surface area contributed by atoms with Gasteiger partial charge in [0.25, 0.3) is 0 Å². The molecule has 2 aromatic rings. The van der Waals surface area contributed by atoms with Crippen molar-refractivity contribution in [2.45, 2.75) is 46.2 Å². The van der Waals surface area contributed by atoms with Crippen molar-refractivity contribution in [3.63, 3.8) is 0 Å². The van der Waals surface area contributed by atoms with Gasteiger partial charge in [-0.05, 0) is 25.0 Å². The zero-order chi connectivity index (χ0) is 15.2. The van der Waals surface area contributed by atoms with Gasteiger partial charge in [-0.1, -0.05) is 32.4 Å². The van der Waals surface area contributed by atoms with Gasteiger partial charge in [-0.15, -0.1) is 0 Å². The number of ether oxygens (including phenoxy) is 1. The van der Waals surface area contributed by atoms with Crippen molar-refractivity contribution in [3.05, 3.63) is 24.3 Å². The molecule has 5 heteroatoms. The summed E-state index contributed by atoms with van der Waals surface area (Å²) in [6.07, 6.45) is 2.89. The standard InChI is InChI=1S/C16H23N3O2/c1-3-5-11-21-15(20)12-19-14-9-7-6-8-13(14)18(10-4-2)16(19)17/h6-9,17H,3-5,10-12H2,1-2H3/p+1. The summed E-state index contributed by atoms with van der Waals surface area (Å²) in [5, 5.41) is 0. The van der Waals surface area contributed by atoms with E-state index in [2.05, 4.69) is 18.4 Å². The Hall–Kier alpha value is -2.04. The van der Waals surface area contributed by atoms with E-state index in [4.69, 9.17) is 10.5 Å². The van der Waals surface area contributed by atoms with Crippen LogP contribution in [0, 0.1) is 0 Å². The highest BCUT2D eigenvalue weighted by molar-refractivity contribution is 5.75. The number of esters is 1. The smallest absolute Gasteiger partial charge is 0.356 e. The van der Waals surface area contributed by atoms with E-state index in [9.17, 15) is 4.79 Å². The molecule has 0 aliphatic carbocycles. The van der Waals surface area contributed by atoms with Crippen molar-refractivity contribution < 1.29 is 14.1 Å². The van der Waals surface area contributed by atoms with Crippen LogP contribution in [0.2, 0.25) is 0 Å². The fraction of sp³-hybridized carbons (Fsp3) is 0.500. The molecule has 0 aliphatic heterocycles. The van der Waals surface area contributed by atoms with Gasteiger partial charge in [-0.25, -0.2) is 13.9 Å². The number of hydrogen-bond donors (Lipinski definition) is 1. The van der Waals surface area contributed by atoms with Crippen LogP contribution in [0.25, 0.3) is 11.0 Å². The fourth-order valence-corrected chi connectivity index (χ4v) is 2.44. The Labute approximate surface area is 125 Å². The molecule has 114 valence electrons. The molecule has 0 spiro atoms. The number of carbonyl (C=O) groups excluding carboxylic acids is 1. The van der Waals surface area contributed by atoms with Crippen molar-refractivity contribution in [1.82, 2.24) is 4.57 Å². The fourth-order valence-electron chi connectivity index (χ4n) is 2.44. The number of hydrogen-bond acceptors (Lipinski definition) is 3. The van der Waals surface area contributed by atoms with Crippen molar-refractivity contribution in [2.24, 2.45) is 0 Å². The molecule has 0 amide bonds. The van der Waals surface area contributed by atoms with Crippen molar-refractivity contribution in [3.8, 4) is 0 Å². The Morgan fingerprint density at radius 3 is 2.76 bits per heavy atom. The number of para-hydroxylation sites is 2. The van der Waals surface area contributed by atoms with Gasteiger partial charge < -0.3 is 4.74 Å². The zero-order valence-corrected chi connectivity index (χ0v) is 12.8. The number of unbranched alkanes of at least 4 members (excludes halogenated alkanes) is 1. The quantitative estimate of drug-likeness (QED) is 0.483. The number of fused-ring (bicyclic) bond motifs is 1. The highest BCUT2D eigenvalue weighted by atomic mass is 16.5. The third-order valence-electron chi connectivity index (χ3n) is 3.51. The monoisotopic (exact) mass is 290 g/mol. The number of nitrogens with zero attached hydrogens (tertiary/aromatic N) is 2. The van der Waals surface area contributed by atoms with Gasteiger partial charge >= 0.3 is 11.9 Å². The minimum atomic E-state index is -0.237. The Kier molecular flexibility index (Phi) is 5.20. The lowest BCUT2D eigenvalue weighted by atomic mass is 10.3. The number of imidazole rings is 1. The second-order valence-corrected chi connectivity index (χ2v) is 5.16. The maximum atomic E-state index is 11.9. The predicted molar refractivity (Wildman–Crippen MR) is 82.7 cm³/mol. The molecule has 5 nitrogen and oxygen atoms in total. The lowest BCUT2D eigenvalue weighted by Gasteiger charge is -2.04. The number of nitrogens with two attached hydrogens (primary N) is 1. The summed E-state index contributed by atoms with van der Waals surface area (Å²) in [5.41, 5.74) is 8.25. The summed E-state index contributed by atoms with van der Waals surface area (Å²) in [4.78, 5) is 11.9. The minimum absolute atomic E-state index is 0.159. The molecular formula is C16H24N3O2+. The van der Waals surface area contributed by atoms with Crippen LogP contribution in [0.1, 0.15) is 33.1 Å². The summed E-state index contributed by atoms with van der Waals surface area (Å²) in [7, 11) is 0. The zero-order valence-electron chi connectivity index (χ0n) is 12.8. The van der Waals surface area contributed by atoms with Crippen molar-refractivity contribution in [1.29, 1.82) is 0 Å². The highest BCUT2D eigenvalue weighted by Gasteiger charge is 2.22. The van der Waals surface area contributed by atoms with Crippen molar-refractivity contribution >= 4 is 23.0 Å². The number of anilines is 1. The topological polar surface area (TPSA) is 61.1 Å². The Morgan fingerprint density at radius 1 is 1.29 bits per heavy atom. The second kappa shape index (κ2) is 7.11. The average Bonchev–Trinajstić information content (AvgIpc) is 2.74. The molecule has 2 N–H and O–H groups in total. The minimum Gasteiger partial charge on any atom is -0.463 e. The normalized spacial score (nSPS) is 11.0. The second-order valence-electron chi connectivity index (χ2n) is 5.16. The number of aryl methyl sites for hydroxylation is 1. The predicted octanol–water partition coefficient (Wildman–Crippen LogP) is 2.26. The van der Waals surface area contributed by atoms with Gasteiger partial charge in [0, 0.05) is 0 Å². The molecule has 2 rings (SSSR count). The number of benzene rings is 1. The summed E-state index contributed by atoms with van der Waals surface area (Å²) in [6, 6.07) is 7.95. The maximum Gasteiger partial charge on any atom is 0.356 e. The maximum absolute atomic E-state index is 11.9. The molecular weight excluding hydrogens is 266 g/mol. The summed E-state index contributed by atoms with van der Waals surface area (Å²) in [6.45, 7) is 5.65. The Morgan fingerprint density at radius 2 is 2.05 bits per heavy atom. The lowest BCUT2D eigenvalue weighted by Crippen LogP contribution is -2.41. The van der Waals surface area contributed by atoms with E-state index in [1.165, 1.54) is 0 Å². The van der Waals surface area contributed by atoms with Crippen LogP contribution in [0.15, 0.2) is 24.3 Å². The molecule has 0 aliphatic rings. The third kappa shape index (κ3) is 3.35. The van der Waals surface area contributed by atoms with Gasteiger partial charge in [0.15, 0.2) is 6.54 Å². The van der Waals surface area contributed by atoms with E-state index in [1.807, 2.05) is 28.8 Å². The van der Waals surface area contributed by atoms with Crippen LogP contribution >= 0.6 is 0 Å². The number of carbonyl (C=O) groups is 1. The third-order valence-corrected chi connectivity index (χ3v) is 3.51. The first kappa shape index (κ1) is 15.4. The molecule has 0 radical (unpaired) electrons. The highest BCUT2D eigenvalue weighted by Crippen LogP contribution is 2.16. The Balaban J connectivity index is 2.26. The van der Waals surface area contributed by atoms with E-state index in [-0.39, 0.29) is 12.5 Å².